The normalized spacial score (nSPS) is 11.8. The third-order valence-electron chi connectivity index (χ3n) is 5.11. The van der Waals surface area contributed by atoms with Gasteiger partial charge in [0.15, 0.2) is 5.65 Å². The number of alkyl halides is 3. The smallest absolute Gasteiger partial charge is 0.478 e. The van der Waals surface area contributed by atoms with Crippen molar-refractivity contribution in [3.05, 3.63) is 76.6 Å². The zero-order chi connectivity index (χ0) is 25.2. The van der Waals surface area contributed by atoms with E-state index >= 15 is 0 Å². The Morgan fingerprint density at radius 1 is 1.09 bits per heavy atom. The van der Waals surface area contributed by atoms with Gasteiger partial charge in [0, 0.05) is 41.5 Å². The molecule has 0 fully saturated rings. The van der Waals surface area contributed by atoms with Gasteiger partial charge in [-0.1, -0.05) is 6.07 Å². The van der Waals surface area contributed by atoms with E-state index in [0.29, 0.717) is 51.6 Å². The molecule has 0 saturated carbocycles. The Morgan fingerprint density at radius 2 is 1.83 bits per heavy atom. The standard InChI is InChI=1S/C25H21F3N4O3/c1-3-34-22-11-5-16-13-20(15-4-10-21(29)17(12-15)14-30-2)24(33)32(23(16)31-22)18-6-8-19(9-7-18)35-25(26,27)28/h4-14H,3,29H2,1-2H3. The molecule has 0 spiro atoms. The summed E-state index contributed by atoms with van der Waals surface area (Å²) in [6, 6.07) is 15.3. The Morgan fingerprint density at radius 3 is 2.49 bits per heavy atom. The molecule has 0 radical (unpaired) electrons. The average Bonchev–Trinajstić information content (AvgIpc) is 2.80. The molecule has 0 atom stereocenters. The maximum atomic E-state index is 13.7. The zero-order valence-corrected chi connectivity index (χ0v) is 18.8. The third kappa shape index (κ3) is 5.11. The highest BCUT2D eigenvalue weighted by molar-refractivity contribution is 5.90. The van der Waals surface area contributed by atoms with Gasteiger partial charge in [0.2, 0.25) is 5.88 Å². The minimum Gasteiger partial charge on any atom is -0.478 e. The summed E-state index contributed by atoms with van der Waals surface area (Å²) in [5.74, 6) is -0.0911. The van der Waals surface area contributed by atoms with Gasteiger partial charge in [-0.15, -0.1) is 13.2 Å². The van der Waals surface area contributed by atoms with Crippen LogP contribution in [0.4, 0.5) is 18.9 Å². The monoisotopic (exact) mass is 482 g/mol. The highest BCUT2D eigenvalue weighted by atomic mass is 19.4. The minimum atomic E-state index is -4.83. The van der Waals surface area contributed by atoms with Crippen LogP contribution in [-0.4, -0.2) is 35.8 Å². The van der Waals surface area contributed by atoms with E-state index in [1.54, 1.807) is 56.6 Å². The lowest BCUT2D eigenvalue weighted by Crippen LogP contribution is -2.22. The number of rotatable bonds is 6. The third-order valence-corrected chi connectivity index (χ3v) is 5.11. The van der Waals surface area contributed by atoms with E-state index < -0.39 is 17.7 Å². The second-order valence-electron chi connectivity index (χ2n) is 7.47. The lowest BCUT2D eigenvalue weighted by Gasteiger charge is -2.15. The van der Waals surface area contributed by atoms with E-state index in [1.807, 2.05) is 0 Å². The molecule has 2 N–H and O–H groups in total. The topological polar surface area (TPSA) is 91.7 Å². The number of nitrogen functional groups attached to an aromatic ring is 1. The van der Waals surface area contributed by atoms with Crippen LogP contribution in [0.2, 0.25) is 0 Å². The summed E-state index contributed by atoms with van der Waals surface area (Å²) >= 11 is 0. The first-order valence-corrected chi connectivity index (χ1v) is 10.6. The summed E-state index contributed by atoms with van der Waals surface area (Å²) < 4.78 is 48.5. The number of benzene rings is 2. The molecule has 10 heteroatoms. The van der Waals surface area contributed by atoms with E-state index in [-0.39, 0.29) is 0 Å². The number of nitrogens with zero attached hydrogens (tertiary/aromatic N) is 3. The van der Waals surface area contributed by atoms with Crippen molar-refractivity contribution in [3.63, 3.8) is 0 Å². The van der Waals surface area contributed by atoms with Crippen molar-refractivity contribution in [2.45, 2.75) is 13.3 Å². The number of fused-ring (bicyclic) bond motifs is 1. The summed E-state index contributed by atoms with van der Waals surface area (Å²) in [7, 11) is 1.61. The number of ether oxygens (including phenoxy) is 2. The molecular formula is C25H21F3N4O3. The molecule has 2 heterocycles. The summed E-state index contributed by atoms with van der Waals surface area (Å²) in [6.07, 6.45) is -3.23. The van der Waals surface area contributed by atoms with Gasteiger partial charge in [0.05, 0.1) is 12.3 Å². The van der Waals surface area contributed by atoms with E-state index in [4.69, 9.17) is 10.5 Å². The van der Waals surface area contributed by atoms with Crippen molar-refractivity contribution in [1.82, 2.24) is 9.55 Å². The Kier molecular flexibility index (Phi) is 6.46. The highest BCUT2D eigenvalue weighted by Crippen LogP contribution is 2.28. The molecule has 0 bridgehead atoms. The van der Waals surface area contributed by atoms with Gasteiger partial charge in [-0.3, -0.25) is 14.4 Å². The largest absolute Gasteiger partial charge is 0.573 e. The quantitative estimate of drug-likeness (QED) is 0.309. The molecule has 0 saturated heterocycles. The van der Waals surface area contributed by atoms with Crippen molar-refractivity contribution < 1.29 is 22.6 Å². The van der Waals surface area contributed by atoms with Crippen LogP contribution in [0.25, 0.3) is 27.8 Å². The second kappa shape index (κ2) is 9.49. The number of aliphatic imine (C=N–C) groups is 1. The highest BCUT2D eigenvalue weighted by Gasteiger charge is 2.31. The van der Waals surface area contributed by atoms with E-state index in [9.17, 15) is 18.0 Å². The first kappa shape index (κ1) is 23.8. The zero-order valence-electron chi connectivity index (χ0n) is 18.8. The molecular weight excluding hydrogens is 461 g/mol. The van der Waals surface area contributed by atoms with Crippen LogP contribution in [0.15, 0.2) is 70.5 Å². The Bertz CT molecular complexity index is 1460. The van der Waals surface area contributed by atoms with Crippen LogP contribution < -0.4 is 20.8 Å². The number of hydrogen-bond acceptors (Lipinski definition) is 6. The van der Waals surface area contributed by atoms with Crippen molar-refractivity contribution in [1.29, 1.82) is 0 Å². The Hall–Kier alpha value is -4.34. The molecule has 4 rings (SSSR count). The predicted octanol–water partition coefficient (Wildman–Crippen LogP) is 4.98. The lowest BCUT2D eigenvalue weighted by atomic mass is 10.0. The van der Waals surface area contributed by atoms with Crippen LogP contribution in [0.5, 0.6) is 11.6 Å². The molecule has 4 aromatic rings. The molecule has 0 aliphatic carbocycles. The summed E-state index contributed by atoms with van der Waals surface area (Å²) in [6.45, 7) is 2.18. The molecule has 0 aliphatic heterocycles. The van der Waals surface area contributed by atoms with Crippen LogP contribution in [-0.2, 0) is 0 Å². The van der Waals surface area contributed by atoms with Crippen LogP contribution in [0.3, 0.4) is 0 Å². The first-order chi connectivity index (χ1) is 16.7. The van der Waals surface area contributed by atoms with Crippen LogP contribution >= 0.6 is 0 Å². The van der Waals surface area contributed by atoms with Gasteiger partial charge in [-0.05, 0) is 61.0 Å². The van der Waals surface area contributed by atoms with E-state index in [0.717, 1.165) is 12.1 Å². The van der Waals surface area contributed by atoms with E-state index in [2.05, 4.69) is 14.7 Å². The van der Waals surface area contributed by atoms with Crippen molar-refractivity contribution in [2.75, 3.05) is 19.4 Å². The fraction of sp³-hybridized carbons (Fsp3) is 0.160. The fourth-order valence-corrected chi connectivity index (χ4v) is 3.63. The molecule has 0 amide bonds. The van der Waals surface area contributed by atoms with Gasteiger partial charge in [0.25, 0.3) is 5.56 Å². The Labute approximate surface area is 198 Å². The maximum Gasteiger partial charge on any atom is 0.573 e. The van der Waals surface area contributed by atoms with Crippen LogP contribution in [0.1, 0.15) is 12.5 Å². The van der Waals surface area contributed by atoms with Gasteiger partial charge in [0.1, 0.15) is 5.75 Å². The number of aromatic nitrogens is 2. The molecule has 2 aromatic heterocycles. The SMILES string of the molecule is CCOc1ccc2cc(-c3ccc(N)c(C=NC)c3)c(=O)n(-c3ccc(OC(F)(F)F)cc3)c2n1. The van der Waals surface area contributed by atoms with Crippen molar-refractivity contribution >= 4 is 22.9 Å². The Balaban J connectivity index is 1.95. The number of hydrogen-bond donors (Lipinski definition) is 1. The predicted molar refractivity (Wildman–Crippen MR) is 129 cm³/mol. The number of halogens is 3. The second-order valence-corrected chi connectivity index (χ2v) is 7.47. The number of pyridine rings is 2. The molecule has 180 valence electrons. The maximum absolute atomic E-state index is 13.7. The summed E-state index contributed by atoms with van der Waals surface area (Å²) in [5.41, 5.74) is 8.29. The van der Waals surface area contributed by atoms with Gasteiger partial charge in [-0.25, -0.2) is 0 Å². The van der Waals surface area contributed by atoms with Crippen molar-refractivity contribution in [2.24, 2.45) is 4.99 Å². The first-order valence-electron chi connectivity index (χ1n) is 10.6. The van der Waals surface area contributed by atoms with Crippen molar-refractivity contribution in [3.8, 4) is 28.4 Å². The molecule has 0 aliphatic rings. The molecule has 7 nitrogen and oxygen atoms in total. The van der Waals surface area contributed by atoms with Gasteiger partial charge < -0.3 is 15.2 Å². The number of nitrogens with two attached hydrogens (primary N) is 1. The van der Waals surface area contributed by atoms with E-state index in [1.165, 1.54) is 16.7 Å². The fourth-order valence-electron chi connectivity index (χ4n) is 3.63. The molecule has 2 aromatic carbocycles. The number of anilines is 1. The summed E-state index contributed by atoms with van der Waals surface area (Å²) in [5, 5.41) is 0.626. The average molecular weight is 482 g/mol. The van der Waals surface area contributed by atoms with Gasteiger partial charge >= 0.3 is 6.36 Å². The minimum absolute atomic E-state index is 0.292. The molecule has 0 unspecified atom stereocenters. The van der Waals surface area contributed by atoms with Crippen LogP contribution in [0, 0.1) is 0 Å². The summed E-state index contributed by atoms with van der Waals surface area (Å²) in [4.78, 5) is 22.2. The molecule has 35 heavy (non-hydrogen) atoms. The van der Waals surface area contributed by atoms with Gasteiger partial charge in [-0.2, -0.15) is 4.98 Å². The lowest BCUT2D eigenvalue weighted by molar-refractivity contribution is -0.274.